The first kappa shape index (κ1) is 24.6. The van der Waals surface area contributed by atoms with Crippen LogP contribution in [0.2, 0.25) is 0 Å². The Labute approximate surface area is 198 Å². The molecule has 2 amide bonds. The van der Waals surface area contributed by atoms with Gasteiger partial charge in [-0.3, -0.25) is 5.32 Å². The van der Waals surface area contributed by atoms with Gasteiger partial charge in [0.2, 0.25) is 5.95 Å². The van der Waals surface area contributed by atoms with Crippen LogP contribution in [0.3, 0.4) is 0 Å². The van der Waals surface area contributed by atoms with Crippen LogP contribution in [-0.4, -0.2) is 71.6 Å². The molecule has 3 aromatic heterocycles. The summed E-state index contributed by atoms with van der Waals surface area (Å²) in [4.78, 5) is 35.4. The quantitative estimate of drug-likeness (QED) is 0.463. The van der Waals surface area contributed by atoms with Crippen molar-refractivity contribution in [2.75, 3.05) is 51.0 Å². The largest absolute Gasteiger partial charge is 0.446 e. The summed E-state index contributed by atoms with van der Waals surface area (Å²) in [5.41, 5.74) is 2.49. The highest BCUT2D eigenvalue weighted by Crippen LogP contribution is 2.32. The van der Waals surface area contributed by atoms with Gasteiger partial charge in [-0.1, -0.05) is 18.3 Å². The molecule has 0 aliphatic heterocycles. The van der Waals surface area contributed by atoms with Gasteiger partial charge in [0.05, 0.1) is 22.5 Å². The molecule has 0 spiro atoms. The van der Waals surface area contributed by atoms with E-state index in [2.05, 4.69) is 30.5 Å². The van der Waals surface area contributed by atoms with Crippen LogP contribution in [-0.2, 0) is 12.8 Å². The average molecular weight is 473 g/mol. The fraction of sp³-hybridized carbons (Fsp3) is 0.500. The van der Waals surface area contributed by atoms with Gasteiger partial charge in [0.1, 0.15) is 5.76 Å². The summed E-state index contributed by atoms with van der Waals surface area (Å²) < 4.78 is 5.55. The highest BCUT2D eigenvalue weighted by atomic mass is 32.1. The Kier molecular flexibility index (Phi) is 8.34. The van der Waals surface area contributed by atoms with Crippen LogP contribution in [0.5, 0.6) is 0 Å². The van der Waals surface area contributed by atoms with E-state index >= 15 is 0 Å². The minimum atomic E-state index is -0.319. The molecule has 0 bridgehead atoms. The standard InChI is InChI=1S/C22H32N8O2S/c1-7-16-13-24-18(32-16)8-9-23-21(31)28-22-26-15(3)19(33-22)17-12-14(2)25-20(27-17)30(6)11-10-29(4)5/h12-13H,7-11H2,1-6H3,(H2,23,26,28,31). The van der Waals surface area contributed by atoms with Crippen LogP contribution in [0.25, 0.3) is 10.6 Å². The highest BCUT2D eigenvalue weighted by Gasteiger charge is 2.16. The molecule has 3 heterocycles. The third-order valence-electron chi connectivity index (χ3n) is 4.89. The van der Waals surface area contributed by atoms with E-state index in [1.807, 2.05) is 52.9 Å². The second kappa shape index (κ2) is 11.2. The lowest BCUT2D eigenvalue weighted by Crippen LogP contribution is -2.30. The Morgan fingerprint density at radius 2 is 1.94 bits per heavy atom. The van der Waals surface area contributed by atoms with Gasteiger partial charge in [-0.05, 0) is 34.0 Å². The average Bonchev–Trinajstić information content (AvgIpc) is 3.37. The molecule has 0 saturated heterocycles. The number of aryl methyl sites for hydroxylation is 3. The Balaban J connectivity index is 1.62. The van der Waals surface area contributed by atoms with Gasteiger partial charge in [0, 0.05) is 45.2 Å². The van der Waals surface area contributed by atoms with Gasteiger partial charge in [0.25, 0.3) is 0 Å². The molecule has 2 N–H and O–H groups in total. The van der Waals surface area contributed by atoms with Crippen molar-refractivity contribution in [1.29, 1.82) is 0 Å². The van der Waals surface area contributed by atoms with Gasteiger partial charge in [-0.15, -0.1) is 0 Å². The van der Waals surface area contributed by atoms with E-state index in [0.717, 1.165) is 47.2 Å². The Bertz CT molecular complexity index is 1080. The predicted octanol–water partition coefficient (Wildman–Crippen LogP) is 3.13. The molecule has 3 rings (SSSR count). The number of carbonyl (C=O) groups excluding carboxylic acids is 1. The number of aromatic nitrogens is 4. The summed E-state index contributed by atoms with van der Waals surface area (Å²) in [5.74, 6) is 2.13. The van der Waals surface area contributed by atoms with Crippen LogP contribution in [0, 0.1) is 13.8 Å². The number of amides is 2. The maximum atomic E-state index is 12.3. The molecule has 33 heavy (non-hydrogen) atoms. The van der Waals surface area contributed by atoms with Crippen LogP contribution in [0.4, 0.5) is 15.9 Å². The van der Waals surface area contributed by atoms with Crippen molar-refractivity contribution in [2.45, 2.75) is 33.6 Å². The minimum Gasteiger partial charge on any atom is -0.446 e. The van der Waals surface area contributed by atoms with Crippen molar-refractivity contribution in [1.82, 2.24) is 30.2 Å². The summed E-state index contributed by atoms with van der Waals surface area (Å²) in [5, 5.41) is 6.14. The number of anilines is 2. The maximum absolute atomic E-state index is 12.3. The van der Waals surface area contributed by atoms with Crippen LogP contribution in [0.1, 0.15) is 30.0 Å². The molecule has 11 heteroatoms. The molecule has 0 saturated carbocycles. The van der Waals surface area contributed by atoms with E-state index in [9.17, 15) is 4.79 Å². The first-order chi connectivity index (χ1) is 15.7. The fourth-order valence-electron chi connectivity index (χ4n) is 3.03. The number of rotatable bonds is 10. The zero-order valence-corrected chi connectivity index (χ0v) is 20.9. The van der Waals surface area contributed by atoms with Crippen molar-refractivity contribution >= 4 is 28.4 Å². The van der Waals surface area contributed by atoms with Crippen LogP contribution < -0.4 is 15.5 Å². The molecule has 0 aromatic carbocycles. The van der Waals surface area contributed by atoms with Gasteiger partial charge >= 0.3 is 6.03 Å². The molecule has 3 aromatic rings. The molecule has 0 aliphatic carbocycles. The SMILES string of the molecule is CCc1cnc(CCNC(=O)Nc2nc(C)c(-c3cc(C)nc(N(C)CCN(C)C)n3)s2)o1. The van der Waals surface area contributed by atoms with Crippen molar-refractivity contribution in [3.05, 3.63) is 35.3 Å². The second-order valence-electron chi connectivity index (χ2n) is 8.06. The topological polar surface area (TPSA) is 112 Å². The smallest absolute Gasteiger partial charge is 0.321 e. The molecular formula is C22H32N8O2S. The Morgan fingerprint density at radius 3 is 2.64 bits per heavy atom. The van der Waals surface area contributed by atoms with E-state index in [0.29, 0.717) is 29.9 Å². The third kappa shape index (κ3) is 6.96. The number of oxazole rings is 1. The zero-order chi connectivity index (χ0) is 24.0. The molecule has 0 fully saturated rings. The maximum Gasteiger partial charge on any atom is 0.321 e. The summed E-state index contributed by atoms with van der Waals surface area (Å²) in [6.07, 6.45) is 3.04. The Hall–Kier alpha value is -3.05. The van der Waals surface area contributed by atoms with Crippen molar-refractivity contribution in [3.8, 4) is 10.6 Å². The fourth-order valence-corrected chi connectivity index (χ4v) is 3.95. The molecular weight excluding hydrogens is 440 g/mol. The number of carbonyl (C=O) groups is 1. The van der Waals surface area contributed by atoms with Gasteiger partial charge in [0.15, 0.2) is 11.0 Å². The summed E-state index contributed by atoms with van der Waals surface area (Å²) >= 11 is 1.39. The molecule has 178 valence electrons. The van der Waals surface area contributed by atoms with E-state index in [1.165, 1.54) is 11.3 Å². The number of urea groups is 1. The summed E-state index contributed by atoms with van der Waals surface area (Å²) in [7, 11) is 6.07. The van der Waals surface area contributed by atoms with E-state index in [4.69, 9.17) is 9.40 Å². The van der Waals surface area contributed by atoms with E-state index in [1.54, 1.807) is 6.20 Å². The van der Waals surface area contributed by atoms with Gasteiger partial charge in [-0.25, -0.2) is 24.7 Å². The predicted molar refractivity (Wildman–Crippen MR) is 131 cm³/mol. The number of thiazole rings is 1. The first-order valence-electron chi connectivity index (χ1n) is 10.9. The third-order valence-corrected chi connectivity index (χ3v) is 5.99. The lowest BCUT2D eigenvalue weighted by molar-refractivity contribution is 0.252. The number of nitrogens with one attached hydrogen (secondary N) is 2. The zero-order valence-electron chi connectivity index (χ0n) is 20.1. The van der Waals surface area contributed by atoms with Crippen LogP contribution in [0.15, 0.2) is 16.7 Å². The van der Waals surface area contributed by atoms with Crippen molar-refractivity contribution in [3.63, 3.8) is 0 Å². The van der Waals surface area contributed by atoms with Crippen molar-refractivity contribution in [2.24, 2.45) is 0 Å². The first-order valence-corrected chi connectivity index (χ1v) is 11.7. The normalized spacial score (nSPS) is 11.1. The summed E-state index contributed by atoms with van der Waals surface area (Å²) in [6.45, 7) is 8.01. The van der Waals surface area contributed by atoms with Crippen LogP contribution >= 0.6 is 11.3 Å². The summed E-state index contributed by atoms with van der Waals surface area (Å²) in [6, 6.07) is 1.62. The monoisotopic (exact) mass is 472 g/mol. The Morgan fingerprint density at radius 1 is 1.15 bits per heavy atom. The van der Waals surface area contributed by atoms with Crippen molar-refractivity contribution < 1.29 is 9.21 Å². The minimum absolute atomic E-state index is 0.319. The lowest BCUT2D eigenvalue weighted by Gasteiger charge is -2.20. The molecule has 0 atom stereocenters. The second-order valence-corrected chi connectivity index (χ2v) is 9.06. The number of hydrogen-bond acceptors (Lipinski definition) is 9. The molecule has 10 nitrogen and oxygen atoms in total. The van der Waals surface area contributed by atoms with E-state index < -0.39 is 0 Å². The number of hydrogen-bond donors (Lipinski definition) is 2. The number of likely N-dealkylation sites (N-methyl/N-ethyl adjacent to an activating group) is 2. The van der Waals surface area contributed by atoms with E-state index in [-0.39, 0.29) is 6.03 Å². The van der Waals surface area contributed by atoms with Gasteiger partial charge in [-0.2, -0.15) is 0 Å². The molecule has 0 radical (unpaired) electrons. The molecule has 0 unspecified atom stereocenters. The lowest BCUT2D eigenvalue weighted by atomic mass is 10.2. The van der Waals surface area contributed by atoms with Gasteiger partial charge < -0.3 is 19.5 Å². The number of nitrogens with zero attached hydrogens (tertiary/aromatic N) is 6. The highest BCUT2D eigenvalue weighted by molar-refractivity contribution is 7.19. The molecule has 0 aliphatic rings.